The minimum absolute atomic E-state index is 0.344. The van der Waals surface area contributed by atoms with E-state index in [1.165, 1.54) is 11.1 Å². The maximum absolute atomic E-state index is 5.64. The topological polar surface area (TPSA) is 75.2 Å². The molecule has 0 spiro atoms. The fraction of sp³-hybridized carbons (Fsp3) is 0.292. The predicted octanol–water partition coefficient (Wildman–Crippen LogP) is 4.14. The van der Waals surface area contributed by atoms with Crippen LogP contribution in [0.4, 0.5) is 0 Å². The van der Waals surface area contributed by atoms with Crippen LogP contribution in [0.1, 0.15) is 22.4 Å². The lowest BCUT2D eigenvalue weighted by atomic mass is 9.91. The Bertz CT molecular complexity index is 1180. The average Bonchev–Trinajstić information content (AvgIpc) is 3.37. The van der Waals surface area contributed by atoms with Crippen LogP contribution in [0, 0.1) is 13.8 Å². The molecule has 158 valence electrons. The highest BCUT2D eigenvalue weighted by Crippen LogP contribution is 2.34. The minimum atomic E-state index is -0.344. The molecular formula is C24H24N4O3. The first kappa shape index (κ1) is 19.7. The third-order valence-corrected chi connectivity index (χ3v) is 5.81. The molecular weight excluding hydrogens is 392 g/mol. The van der Waals surface area contributed by atoms with Gasteiger partial charge in [0.2, 0.25) is 5.82 Å². The van der Waals surface area contributed by atoms with Crippen molar-refractivity contribution < 1.29 is 14.0 Å². The van der Waals surface area contributed by atoms with Gasteiger partial charge in [0.25, 0.3) is 5.89 Å². The van der Waals surface area contributed by atoms with Crippen LogP contribution >= 0.6 is 0 Å². The molecule has 0 radical (unpaired) electrons. The molecule has 0 atom stereocenters. The van der Waals surface area contributed by atoms with Gasteiger partial charge >= 0.3 is 0 Å². The van der Waals surface area contributed by atoms with Gasteiger partial charge in [-0.3, -0.25) is 4.68 Å². The number of benzene rings is 2. The lowest BCUT2D eigenvalue weighted by Gasteiger charge is -2.40. The first-order chi connectivity index (χ1) is 15.1. The molecule has 0 aliphatic carbocycles. The van der Waals surface area contributed by atoms with E-state index in [2.05, 4.69) is 46.4 Å². The second kappa shape index (κ2) is 7.76. The molecule has 5 rings (SSSR count). The Morgan fingerprint density at radius 2 is 1.77 bits per heavy atom. The average molecular weight is 416 g/mol. The summed E-state index contributed by atoms with van der Waals surface area (Å²) < 4.78 is 18.4. The summed E-state index contributed by atoms with van der Waals surface area (Å²) >= 11 is 0. The van der Waals surface area contributed by atoms with E-state index in [0.29, 0.717) is 37.2 Å². The SMILES string of the molecule is COC1(c2ccc(-c3noc(-c4cc(C)n(Cc5ccc(C)cc5)n4)n3)cc2)COC1. The number of aryl methyl sites for hydroxylation is 2. The quantitative estimate of drug-likeness (QED) is 0.470. The van der Waals surface area contributed by atoms with E-state index in [1.54, 1.807) is 7.11 Å². The number of rotatable bonds is 6. The Hall–Kier alpha value is -3.29. The zero-order valence-corrected chi connectivity index (χ0v) is 17.8. The number of hydrogen-bond acceptors (Lipinski definition) is 6. The molecule has 0 amide bonds. The first-order valence-electron chi connectivity index (χ1n) is 10.2. The van der Waals surface area contributed by atoms with Crippen LogP contribution in [0.15, 0.2) is 59.1 Å². The summed E-state index contributed by atoms with van der Waals surface area (Å²) in [6, 6.07) is 18.4. The number of hydrogen-bond donors (Lipinski definition) is 0. The van der Waals surface area contributed by atoms with Crippen molar-refractivity contribution in [1.29, 1.82) is 0 Å². The van der Waals surface area contributed by atoms with Gasteiger partial charge < -0.3 is 14.0 Å². The van der Waals surface area contributed by atoms with Crippen molar-refractivity contribution >= 4 is 0 Å². The van der Waals surface area contributed by atoms with Crippen molar-refractivity contribution in [3.8, 4) is 23.0 Å². The summed E-state index contributed by atoms with van der Waals surface area (Å²) in [5.74, 6) is 0.939. The van der Waals surface area contributed by atoms with Crippen LogP contribution < -0.4 is 0 Å². The van der Waals surface area contributed by atoms with E-state index in [-0.39, 0.29) is 5.60 Å². The van der Waals surface area contributed by atoms with Gasteiger partial charge in [-0.2, -0.15) is 10.1 Å². The third-order valence-electron chi connectivity index (χ3n) is 5.81. The summed E-state index contributed by atoms with van der Waals surface area (Å²) in [5, 5.41) is 8.82. The van der Waals surface area contributed by atoms with Gasteiger partial charge in [0.1, 0.15) is 5.60 Å². The van der Waals surface area contributed by atoms with Crippen molar-refractivity contribution in [1.82, 2.24) is 19.9 Å². The third kappa shape index (κ3) is 3.66. The van der Waals surface area contributed by atoms with Crippen LogP contribution in [0.5, 0.6) is 0 Å². The van der Waals surface area contributed by atoms with Crippen molar-refractivity contribution in [2.45, 2.75) is 26.0 Å². The van der Waals surface area contributed by atoms with Crippen molar-refractivity contribution in [2.75, 3.05) is 20.3 Å². The van der Waals surface area contributed by atoms with E-state index in [9.17, 15) is 0 Å². The fourth-order valence-corrected chi connectivity index (χ4v) is 3.70. The van der Waals surface area contributed by atoms with Gasteiger partial charge in [0.05, 0.1) is 19.8 Å². The maximum atomic E-state index is 5.64. The van der Waals surface area contributed by atoms with E-state index in [1.807, 2.05) is 41.9 Å². The predicted molar refractivity (Wildman–Crippen MR) is 115 cm³/mol. The van der Waals surface area contributed by atoms with Gasteiger partial charge in [0.15, 0.2) is 5.69 Å². The summed E-state index contributed by atoms with van der Waals surface area (Å²) in [6.45, 7) is 5.94. The van der Waals surface area contributed by atoms with Gasteiger partial charge in [0, 0.05) is 18.4 Å². The van der Waals surface area contributed by atoms with Crippen LogP contribution in [0.2, 0.25) is 0 Å². The second-order valence-electron chi connectivity index (χ2n) is 8.01. The Balaban J connectivity index is 1.35. The highest BCUT2D eigenvalue weighted by atomic mass is 16.6. The Kier molecular flexibility index (Phi) is 4.92. The van der Waals surface area contributed by atoms with Gasteiger partial charge in [-0.1, -0.05) is 59.3 Å². The Morgan fingerprint density at radius 1 is 1.03 bits per heavy atom. The lowest BCUT2D eigenvalue weighted by molar-refractivity contribution is -0.202. The minimum Gasteiger partial charge on any atom is -0.375 e. The van der Waals surface area contributed by atoms with Crippen molar-refractivity contribution in [2.24, 2.45) is 0 Å². The molecule has 1 aliphatic heterocycles. The molecule has 1 fully saturated rings. The molecule has 31 heavy (non-hydrogen) atoms. The van der Waals surface area contributed by atoms with Crippen LogP contribution in [0.25, 0.3) is 23.0 Å². The Labute approximate surface area is 180 Å². The molecule has 2 aromatic carbocycles. The van der Waals surface area contributed by atoms with Gasteiger partial charge in [-0.05, 0) is 31.0 Å². The van der Waals surface area contributed by atoms with E-state index in [4.69, 9.17) is 14.0 Å². The normalized spacial score (nSPS) is 15.1. The van der Waals surface area contributed by atoms with Gasteiger partial charge in [-0.15, -0.1) is 0 Å². The fourth-order valence-electron chi connectivity index (χ4n) is 3.70. The molecule has 2 aromatic heterocycles. The maximum Gasteiger partial charge on any atom is 0.278 e. The molecule has 7 nitrogen and oxygen atoms in total. The van der Waals surface area contributed by atoms with Crippen molar-refractivity contribution in [3.05, 3.63) is 77.0 Å². The monoisotopic (exact) mass is 416 g/mol. The lowest BCUT2D eigenvalue weighted by Crippen LogP contribution is -2.48. The molecule has 4 aromatic rings. The van der Waals surface area contributed by atoms with Crippen LogP contribution in [-0.4, -0.2) is 40.2 Å². The zero-order chi connectivity index (χ0) is 21.4. The summed E-state index contributed by atoms with van der Waals surface area (Å²) in [4.78, 5) is 4.56. The first-order valence-corrected chi connectivity index (χ1v) is 10.2. The summed E-state index contributed by atoms with van der Waals surface area (Å²) in [6.07, 6.45) is 0. The molecule has 1 saturated heterocycles. The number of ether oxygens (including phenoxy) is 2. The zero-order valence-electron chi connectivity index (χ0n) is 17.8. The highest BCUT2D eigenvalue weighted by molar-refractivity contribution is 5.58. The second-order valence-corrected chi connectivity index (χ2v) is 8.01. The highest BCUT2D eigenvalue weighted by Gasteiger charge is 2.40. The van der Waals surface area contributed by atoms with E-state index >= 15 is 0 Å². The molecule has 0 N–H and O–H groups in total. The van der Waals surface area contributed by atoms with E-state index in [0.717, 1.165) is 16.8 Å². The largest absolute Gasteiger partial charge is 0.375 e. The molecule has 0 bridgehead atoms. The number of aromatic nitrogens is 4. The van der Waals surface area contributed by atoms with Gasteiger partial charge in [-0.25, -0.2) is 0 Å². The number of nitrogens with zero attached hydrogens (tertiary/aromatic N) is 4. The molecule has 0 saturated carbocycles. The molecule has 0 unspecified atom stereocenters. The summed E-state index contributed by atoms with van der Waals surface area (Å²) in [5.41, 5.74) is 5.76. The van der Waals surface area contributed by atoms with Crippen molar-refractivity contribution in [3.63, 3.8) is 0 Å². The molecule has 7 heteroatoms. The smallest absolute Gasteiger partial charge is 0.278 e. The van der Waals surface area contributed by atoms with Crippen LogP contribution in [0.3, 0.4) is 0 Å². The molecule has 1 aliphatic rings. The Morgan fingerprint density at radius 3 is 2.42 bits per heavy atom. The summed E-state index contributed by atoms with van der Waals surface area (Å²) in [7, 11) is 1.71. The molecule has 3 heterocycles. The standard InChI is InChI=1S/C24H24N4O3/c1-16-4-6-18(7-5-16)13-28-17(2)12-21(26-28)23-25-22(27-31-23)19-8-10-20(11-9-19)24(29-3)14-30-15-24/h4-12H,13-15H2,1-3H3. The number of methoxy groups -OCH3 is 1. The van der Waals surface area contributed by atoms with Crippen LogP contribution in [-0.2, 0) is 21.6 Å². The van der Waals surface area contributed by atoms with E-state index < -0.39 is 0 Å².